The van der Waals surface area contributed by atoms with Crippen molar-refractivity contribution in [3.8, 4) is 0 Å². The van der Waals surface area contributed by atoms with Gasteiger partial charge in [-0.2, -0.15) is 0 Å². The smallest absolute Gasteiger partial charge is 0.340 e. The fourth-order valence-corrected chi connectivity index (χ4v) is 3.71. The fourth-order valence-electron chi connectivity index (χ4n) is 2.45. The first-order valence-electron chi connectivity index (χ1n) is 7.10. The van der Waals surface area contributed by atoms with Gasteiger partial charge >= 0.3 is 5.97 Å². The predicted molar refractivity (Wildman–Crippen MR) is 78.3 cm³/mol. The van der Waals surface area contributed by atoms with E-state index in [4.69, 9.17) is 0 Å². The molecule has 2 aliphatic carbocycles. The number of carboxylic acids is 1. The minimum Gasteiger partial charge on any atom is -0.478 e. The van der Waals surface area contributed by atoms with Gasteiger partial charge in [-0.25, -0.2) is 14.8 Å². The Morgan fingerprint density at radius 1 is 1.35 bits per heavy atom. The molecule has 4 nitrogen and oxygen atoms in total. The highest BCUT2D eigenvalue weighted by molar-refractivity contribution is 8.00. The van der Waals surface area contributed by atoms with Crippen LogP contribution >= 0.6 is 11.8 Å². The molecule has 1 aromatic rings. The van der Waals surface area contributed by atoms with Crippen molar-refractivity contribution in [2.75, 3.05) is 0 Å². The van der Waals surface area contributed by atoms with Crippen LogP contribution in [-0.4, -0.2) is 26.3 Å². The number of hydrogen-bond acceptors (Lipinski definition) is 4. The summed E-state index contributed by atoms with van der Waals surface area (Å²) in [6, 6.07) is 0. The van der Waals surface area contributed by atoms with Crippen LogP contribution < -0.4 is 0 Å². The molecule has 0 amide bonds. The van der Waals surface area contributed by atoms with Gasteiger partial charge in [0.1, 0.15) is 16.4 Å². The SMILES string of the molecule is Cc1nc(C2CC2)nc(SC2C=CCCC2)c1C(=O)O. The molecule has 0 radical (unpaired) electrons. The van der Waals surface area contributed by atoms with Crippen molar-refractivity contribution in [3.63, 3.8) is 0 Å². The number of allylic oxidation sites excluding steroid dienone is 1. The second-order valence-corrected chi connectivity index (χ2v) is 6.67. The number of aryl methyl sites for hydroxylation is 1. The monoisotopic (exact) mass is 290 g/mol. The third kappa shape index (κ3) is 2.87. The molecule has 0 bridgehead atoms. The minimum atomic E-state index is -0.924. The Morgan fingerprint density at radius 3 is 2.75 bits per heavy atom. The average Bonchev–Trinajstić information content (AvgIpc) is 3.23. The van der Waals surface area contributed by atoms with Gasteiger partial charge in [-0.15, -0.1) is 0 Å². The Bertz CT molecular complexity index is 567. The summed E-state index contributed by atoms with van der Waals surface area (Å²) in [6.07, 6.45) is 9.97. The third-order valence-corrected chi connectivity index (χ3v) is 4.92. The lowest BCUT2D eigenvalue weighted by molar-refractivity contribution is 0.0690. The molecule has 20 heavy (non-hydrogen) atoms. The van der Waals surface area contributed by atoms with Crippen molar-refractivity contribution in [1.29, 1.82) is 0 Å². The molecule has 0 spiro atoms. The third-order valence-electron chi connectivity index (χ3n) is 3.70. The van der Waals surface area contributed by atoms with Crippen LogP contribution in [0, 0.1) is 6.92 Å². The molecule has 1 aromatic heterocycles. The topological polar surface area (TPSA) is 63.1 Å². The van der Waals surface area contributed by atoms with Crippen LogP contribution in [-0.2, 0) is 0 Å². The summed E-state index contributed by atoms with van der Waals surface area (Å²) in [5.41, 5.74) is 0.870. The number of nitrogens with zero attached hydrogens (tertiary/aromatic N) is 2. The largest absolute Gasteiger partial charge is 0.478 e. The molecule has 1 fully saturated rings. The molecule has 1 saturated carbocycles. The van der Waals surface area contributed by atoms with Crippen LogP contribution in [0.4, 0.5) is 0 Å². The molecule has 0 aromatic carbocycles. The van der Waals surface area contributed by atoms with Crippen LogP contribution in [0.3, 0.4) is 0 Å². The minimum absolute atomic E-state index is 0.276. The maximum absolute atomic E-state index is 11.5. The van der Waals surface area contributed by atoms with Crippen molar-refractivity contribution in [1.82, 2.24) is 9.97 Å². The number of thioether (sulfide) groups is 1. The molecule has 5 heteroatoms. The van der Waals surface area contributed by atoms with E-state index in [9.17, 15) is 9.90 Å². The molecular formula is C15H18N2O2S. The zero-order chi connectivity index (χ0) is 14.1. The van der Waals surface area contributed by atoms with Crippen LogP contribution in [0.15, 0.2) is 17.2 Å². The van der Waals surface area contributed by atoms with Gasteiger partial charge in [0.2, 0.25) is 0 Å². The number of rotatable bonds is 4. The Kier molecular flexibility index (Phi) is 3.78. The summed E-state index contributed by atoms with van der Waals surface area (Å²) >= 11 is 1.57. The first kappa shape index (κ1) is 13.6. The molecule has 1 N–H and O–H groups in total. The Hall–Kier alpha value is -1.36. The predicted octanol–water partition coefficient (Wildman–Crippen LogP) is 3.56. The average molecular weight is 290 g/mol. The highest BCUT2D eigenvalue weighted by atomic mass is 32.2. The van der Waals surface area contributed by atoms with Crippen molar-refractivity contribution in [2.45, 2.75) is 55.2 Å². The number of aromatic nitrogens is 2. The molecule has 1 heterocycles. The van der Waals surface area contributed by atoms with Crippen LogP contribution in [0.2, 0.25) is 0 Å². The van der Waals surface area contributed by atoms with E-state index in [-0.39, 0.29) is 5.56 Å². The van der Waals surface area contributed by atoms with Gasteiger partial charge < -0.3 is 5.11 Å². The number of carboxylic acid groups (broad SMARTS) is 1. The van der Waals surface area contributed by atoms with E-state index >= 15 is 0 Å². The summed E-state index contributed by atoms with van der Waals surface area (Å²) in [4.78, 5) is 20.4. The van der Waals surface area contributed by atoms with Gasteiger partial charge in [0.05, 0.1) is 5.69 Å². The van der Waals surface area contributed by atoms with E-state index < -0.39 is 5.97 Å². The van der Waals surface area contributed by atoms with Gasteiger partial charge in [-0.1, -0.05) is 23.9 Å². The number of aromatic carboxylic acids is 1. The maximum atomic E-state index is 11.5. The highest BCUT2D eigenvalue weighted by Crippen LogP contribution is 2.40. The van der Waals surface area contributed by atoms with E-state index in [1.54, 1.807) is 18.7 Å². The molecule has 0 aliphatic heterocycles. The van der Waals surface area contributed by atoms with Gasteiger partial charge in [-0.05, 0) is 39.0 Å². The standard InChI is InChI=1S/C15H18N2O2S/c1-9-12(15(18)19)14(17-13(16-9)10-7-8-10)20-11-5-3-2-4-6-11/h3,5,10-11H,2,4,6-8H2,1H3,(H,18,19). The summed E-state index contributed by atoms with van der Waals surface area (Å²) in [6.45, 7) is 1.78. The lowest BCUT2D eigenvalue weighted by Gasteiger charge is -2.17. The van der Waals surface area contributed by atoms with Crippen LogP contribution in [0.5, 0.6) is 0 Å². The van der Waals surface area contributed by atoms with Crippen LogP contribution in [0.25, 0.3) is 0 Å². The van der Waals surface area contributed by atoms with Crippen molar-refractivity contribution in [3.05, 3.63) is 29.2 Å². The van der Waals surface area contributed by atoms with Gasteiger partial charge in [0, 0.05) is 11.2 Å². The second-order valence-electron chi connectivity index (χ2n) is 5.44. The van der Waals surface area contributed by atoms with Crippen LogP contribution in [0.1, 0.15) is 59.9 Å². The van der Waals surface area contributed by atoms with Gasteiger partial charge in [0.15, 0.2) is 0 Å². The number of carbonyl (C=O) groups is 1. The normalized spacial score (nSPS) is 21.9. The van der Waals surface area contributed by atoms with E-state index in [1.165, 1.54) is 0 Å². The molecule has 1 atom stereocenters. The summed E-state index contributed by atoms with van der Waals surface area (Å²) in [7, 11) is 0. The zero-order valence-electron chi connectivity index (χ0n) is 11.5. The quantitative estimate of drug-likeness (QED) is 0.678. The Morgan fingerprint density at radius 2 is 2.15 bits per heavy atom. The maximum Gasteiger partial charge on any atom is 0.340 e. The van der Waals surface area contributed by atoms with Crippen molar-refractivity contribution in [2.24, 2.45) is 0 Å². The first-order valence-corrected chi connectivity index (χ1v) is 7.98. The van der Waals surface area contributed by atoms with Crippen molar-refractivity contribution < 1.29 is 9.90 Å². The highest BCUT2D eigenvalue weighted by Gasteiger charge is 2.30. The lowest BCUT2D eigenvalue weighted by atomic mass is 10.1. The Balaban J connectivity index is 1.94. The summed E-state index contributed by atoms with van der Waals surface area (Å²) < 4.78 is 0. The fraction of sp³-hybridized carbons (Fsp3) is 0.533. The molecule has 106 valence electrons. The summed E-state index contributed by atoms with van der Waals surface area (Å²) in [5, 5.41) is 10.4. The lowest BCUT2D eigenvalue weighted by Crippen LogP contribution is -2.12. The molecule has 2 aliphatic rings. The van der Waals surface area contributed by atoms with Crippen molar-refractivity contribution >= 4 is 17.7 Å². The Labute approximate surface area is 122 Å². The zero-order valence-corrected chi connectivity index (χ0v) is 12.3. The van der Waals surface area contributed by atoms with E-state index in [2.05, 4.69) is 22.1 Å². The van der Waals surface area contributed by atoms with E-state index in [1.807, 2.05) is 0 Å². The molecule has 1 unspecified atom stereocenters. The van der Waals surface area contributed by atoms with Gasteiger partial charge in [-0.3, -0.25) is 0 Å². The van der Waals surface area contributed by atoms with Gasteiger partial charge in [0.25, 0.3) is 0 Å². The molecular weight excluding hydrogens is 272 g/mol. The number of hydrogen-bond donors (Lipinski definition) is 1. The molecule has 0 saturated heterocycles. The van der Waals surface area contributed by atoms with E-state index in [0.717, 1.165) is 37.9 Å². The second kappa shape index (κ2) is 5.56. The summed E-state index contributed by atoms with van der Waals surface area (Å²) in [5.74, 6) is 0.347. The molecule has 3 rings (SSSR count). The van der Waals surface area contributed by atoms with E-state index in [0.29, 0.717) is 21.9 Å². The first-order chi connectivity index (χ1) is 9.65.